The highest BCUT2D eigenvalue weighted by Crippen LogP contribution is 2.24. The molecule has 4 heterocycles. The lowest BCUT2D eigenvalue weighted by molar-refractivity contribution is 0.576. The molecule has 3 aromatic heterocycles. The van der Waals surface area contributed by atoms with Gasteiger partial charge in [0.05, 0.1) is 0 Å². The predicted octanol–water partition coefficient (Wildman–Crippen LogP) is 2.64. The summed E-state index contributed by atoms with van der Waals surface area (Å²) in [7, 11) is 0. The maximum Gasteiger partial charge on any atom is 0.156 e. The van der Waals surface area contributed by atoms with E-state index in [2.05, 4.69) is 35.9 Å². The molecular weight excluding hydrogens is 300 g/mol. The minimum absolute atomic E-state index is 0.591. The summed E-state index contributed by atoms with van der Waals surface area (Å²) < 4.78 is 0. The number of anilines is 1. The summed E-state index contributed by atoms with van der Waals surface area (Å²) in [5.41, 5.74) is 2.96. The molecule has 6 heteroatoms. The van der Waals surface area contributed by atoms with E-state index in [4.69, 9.17) is 0 Å². The Bertz CT molecular complexity index is 813. The van der Waals surface area contributed by atoms with Gasteiger partial charge in [-0.3, -0.25) is 0 Å². The van der Waals surface area contributed by atoms with Crippen LogP contribution >= 0.6 is 0 Å². The Morgan fingerprint density at radius 2 is 2.17 bits per heavy atom. The Kier molecular flexibility index (Phi) is 3.94. The second-order valence-electron chi connectivity index (χ2n) is 6.30. The summed E-state index contributed by atoms with van der Waals surface area (Å²) >= 11 is 0. The van der Waals surface area contributed by atoms with Crippen molar-refractivity contribution in [1.29, 1.82) is 0 Å². The maximum atomic E-state index is 4.45. The normalized spacial score (nSPS) is 17.4. The number of nitrogens with one attached hydrogen (secondary N) is 1. The Labute approximate surface area is 141 Å². The van der Waals surface area contributed by atoms with Gasteiger partial charge in [-0.25, -0.2) is 19.9 Å². The van der Waals surface area contributed by atoms with Gasteiger partial charge >= 0.3 is 0 Å². The van der Waals surface area contributed by atoms with E-state index in [-0.39, 0.29) is 0 Å². The van der Waals surface area contributed by atoms with Gasteiger partial charge in [0.15, 0.2) is 5.82 Å². The topological polar surface area (TPSA) is 70.6 Å². The van der Waals surface area contributed by atoms with E-state index in [1.807, 2.05) is 37.5 Å². The quantitative estimate of drug-likeness (QED) is 0.800. The van der Waals surface area contributed by atoms with Crippen molar-refractivity contribution in [3.05, 3.63) is 54.4 Å². The number of pyridine rings is 1. The SMILES string of the molecule is Cc1cnc(-c2cc(C[C@@H]3CCN(c4ccccn4)C3)ncn2)[nH]1. The highest BCUT2D eigenvalue weighted by molar-refractivity contribution is 5.49. The van der Waals surface area contributed by atoms with Crippen LogP contribution in [0.3, 0.4) is 0 Å². The third kappa shape index (κ3) is 3.13. The van der Waals surface area contributed by atoms with Gasteiger partial charge in [-0.05, 0) is 43.9 Å². The molecule has 4 rings (SSSR count). The van der Waals surface area contributed by atoms with Crippen LogP contribution in [-0.4, -0.2) is 38.0 Å². The van der Waals surface area contributed by atoms with E-state index in [0.29, 0.717) is 5.92 Å². The number of aryl methyl sites for hydroxylation is 1. The molecule has 1 aliphatic heterocycles. The van der Waals surface area contributed by atoms with Crippen LogP contribution < -0.4 is 4.90 Å². The molecule has 1 aliphatic rings. The second-order valence-corrected chi connectivity index (χ2v) is 6.30. The molecule has 0 bridgehead atoms. The standard InChI is InChI=1S/C18H20N6/c1-13-10-20-18(23-13)16-9-15(21-12-22-16)8-14-5-7-24(11-14)17-4-2-3-6-19-17/h2-4,6,9-10,12,14H,5,7-8,11H2,1H3,(H,20,23)/t14-/m0/s1. The van der Waals surface area contributed by atoms with Gasteiger partial charge < -0.3 is 9.88 Å². The highest BCUT2D eigenvalue weighted by atomic mass is 15.2. The molecular formula is C18H20N6. The number of hydrogen-bond donors (Lipinski definition) is 1. The van der Waals surface area contributed by atoms with Crippen LogP contribution in [0.5, 0.6) is 0 Å². The molecule has 24 heavy (non-hydrogen) atoms. The van der Waals surface area contributed by atoms with Crippen molar-refractivity contribution in [1.82, 2.24) is 24.9 Å². The summed E-state index contributed by atoms with van der Waals surface area (Å²) in [6, 6.07) is 8.11. The molecule has 0 spiro atoms. The summed E-state index contributed by atoms with van der Waals surface area (Å²) in [6.45, 7) is 4.07. The molecule has 1 fully saturated rings. The van der Waals surface area contributed by atoms with Crippen LogP contribution in [0.4, 0.5) is 5.82 Å². The molecule has 1 saturated heterocycles. The van der Waals surface area contributed by atoms with Crippen LogP contribution in [0, 0.1) is 12.8 Å². The predicted molar refractivity (Wildman–Crippen MR) is 92.6 cm³/mol. The molecule has 0 saturated carbocycles. The molecule has 3 aromatic rings. The lowest BCUT2D eigenvalue weighted by Gasteiger charge is -2.17. The third-order valence-corrected chi connectivity index (χ3v) is 4.43. The average Bonchev–Trinajstić information content (AvgIpc) is 3.25. The third-order valence-electron chi connectivity index (χ3n) is 4.43. The number of rotatable bonds is 4. The minimum atomic E-state index is 0.591. The molecule has 0 radical (unpaired) electrons. The van der Waals surface area contributed by atoms with Crippen LogP contribution in [0.25, 0.3) is 11.5 Å². The van der Waals surface area contributed by atoms with Crippen molar-refractivity contribution in [2.75, 3.05) is 18.0 Å². The molecule has 6 nitrogen and oxygen atoms in total. The van der Waals surface area contributed by atoms with Crippen LogP contribution in [0.2, 0.25) is 0 Å². The van der Waals surface area contributed by atoms with Gasteiger partial charge in [0.1, 0.15) is 17.8 Å². The van der Waals surface area contributed by atoms with E-state index >= 15 is 0 Å². The number of H-pyrrole nitrogens is 1. The van der Waals surface area contributed by atoms with Crippen molar-refractivity contribution >= 4 is 5.82 Å². The number of nitrogens with zero attached hydrogens (tertiary/aromatic N) is 5. The van der Waals surface area contributed by atoms with Crippen LogP contribution in [0.15, 0.2) is 43.0 Å². The monoisotopic (exact) mass is 320 g/mol. The van der Waals surface area contributed by atoms with Gasteiger partial charge in [0.2, 0.25) is 0 Å². The van der Waals surface area contributed by atoms with Crippen molar-refractivity contribution in [3.8, 4) is 11.5 Å². The number of aromatic nitrogens is 5. The maximum absolute atomic E-state index is 4.45. The van der Waals surface area contributed by atoms with Gasteiger partial charge in [0.25, 0.3) is 0 Å². The summed E-state index contributed by atoms with van der Waals surface area (Å²) in [6.07, 6.45) is 7.42. The van der Waals surface area contributed by atoms with Crippen LogP contribution in [0.1, 0.15) is 17.8 Å². The zero-order valence-electron chi connectivity index (χ0n) is 13.7. The first-order chi connectivity index (χ1) is 11.8. The average molecular weight is 320 g/mol. The molecule has 0 amide bonds. The molecule has 1 N–H and O–H groups in total. The van der Waals surface area contributed by atoms with Crippen molar-refractivity contribution < 1.29 is 0 Å². The fraction of sp³-hybridized carbons (Fsp3) is 0.333. The largest absolute Gasteiger partial charge is 0.356 e. The van der Waals surface area contributed by atoms with Gasteiger partial charge in [0, 0.05) is 36.9 Å². The lowest BCUT2D eigenvalue weighted by Crippen LogP contribution is -2.21. The smallest absolute Gasteiger partial charge is 0.156 e. The first-order valence-corrected chi connectivity index (χ1v) is 8.27. The van der Waals surface area contributed by atoms with Crippen molar-refractivity contribution in [2.45, 2.75) is 19.8 Å². The Balaban J connectivity index is 1.45. The Morgan fingerprint density at radius 1 is 1.21 bits per heavy atom. The molecule has 122 valence electrons. The van der Waals surface area contributed by atoms with E-state index in [1.54, 1.807) is 6.33 Å². The molecule has 0 aromatic carbocycles. The summed E-state index contributed by atoms with van der Waals surface area (Å²) in [4.78, 5) is 23.1. The number of hydrogen-bond acceptors (Lipinski definition) is 5. The Hall–Kier alpha value is -2.76. The van der Waals surface area contributed by atoms with Gasteiger partial charge in [-0.2, -0.15) is 0 Å². The first kappa shape index (κ1) is 14.8. The van der Waals surface area contributed by atoms with E-state index in [0.717, 1.165) is 54.7 Å². The number of aromatic amines is 1. The van der Waals surface area contributed by atoms with Crippen LogP contribution in [-0.2, 0) is 6.42 Å². The van der Waals surface area contributed by atoms with E-state index < -0.39 is 0 Å². The van der Waals surface area contributed by atoms with Gasteiger partial charge in [-0.1, -0.05) is 6.07 Å². The molecule has 1 atom stereocenters. The summed E-state index contributed by atoms with van der Waals surface area (Å²) in [5, 5.41) is 0. The molecule has 0 unspecified atom stereocenters. The zero-order chi connectivity index (χ0) is 16.4. The lowest BCUT2D eigenvalue weighted by atomic mass is 10.0. The summed E-state index contributed by atoms with van der Waals surface area (Å²) in [5.74, 6) is 2.46. The number of imidazole rings is 1. The van der Waals surface area contributed by atoms with E-state index in [1.165, 1.54) is 0 Å². The zero-order valence-corrected chi connectivity index (χ0v) is 13.7. The molecule has 0 aliphatic carbocycles. The van der Waals surface area contributed by atoms with Gasteiger partial charge in [-0.15, -0.1) is 0 Å². The second kappa shape index (κ2) is 6.39. The first-order valence-electron chi connectivity index (χ1n) is 8.27. The fourth-order valence-electron chi connectivity index (χ4n) is 3.23. The highest BCUT2D eigenvalue weighted by Gasteiger charge is 2.24. The Morgan fingerprint density at radius 3 is 2.96 bits per heavy atom. The fourth-order valence-corrected chi connectivity index (χ4v) is 3.23. The van der Waals surface area contributed by atoms with Crippen molar-refractivity contribution in [2.24, 2.45) is 5.92 Å². The minimum Gasteiger partial charge on any atom is -0.356 e. The van der Waals surface area contributed by atoms with Crippen molar-refractivity contribution in [3.63, 3.8) is 0 Å². The van der Waals surface area contributed by atoms with E-state index in [9.17, 15) is 0 Å².